The first-order valence-corrected chi connectivity index (χ1v) is 8.24. The van der Waals surface area contributed by atoms with Crippen LogP contribution < -0.4 is 4.74 Å². The highest BCUT2D eigenvalue weighted by molar-refractivity contribution is 5.96. The summed E-state index contributed by atoms with van der Waals surface area (Å²) >= 11 is 0. The van der Waals surface area contributed by atoms with Crippen LogP contribution in [-0.2, 0) is 9.47 Å². The maximum Gasteiger partial charge on any atom is 0.163 e. The summed E-state index contributed by atoms with van der Waals surface area (Å²) in [6, 6.07) is 7.29. The molecule has 2 rings (SSSR count). The quantitative estimate of drug-likeness (QED) is 0.529. The van der Waals surface area contributed by atoms with Crippen LogP contribution in [0.1, 0.15) is 31.1 Å². The molecule has 0 radical (unpaired) electrons. The van der Waals surface area contributed by atoms with Crippen molar-refractivity contribution in [1.29, 1.82) is 0 Å². The number of carbonyl (C=O) groups is 1. The highest BCUT2D eigenvalue weighted by Crippen LogP contribution is 2.18. The zero-order valence-corrected chi connectivity index (χ0v) is 15.5. The van der Waals surface area contributed by atoms with Gasteiger partial charge in [0.05, 0.1) is 31.0 Å². The average molecular weight is 358 g/mol. The second-order valence-corrected chi connectivity index (χ2v) is 6.03. The normalized spacial score (nSPS) is 21.1. The van der Waals surface area contributed by atoms with Gasteiger partial charge in [-0.3, -0.25) is 9.69 Å². The molecule has 0 amide bonds. The molecule has 0 N–H and O–H groups in total. The van der Waals surface area contributed by atoms with Crippen LogP contribution in [0.5, 0.6) is 5.75 Å². The van der Waals surface area contributed by atoms with Crippen molar-refractivity contribution in [3.8, 4) is 5.75 Å². The van der Waals surface area contributed by atoms with Crippen LogP contribution in [0.2, 0.25) is 0 Å². The number of rotatable bonds is 8. The molecule has 2 atom stereocenters. The summed E-state index contributed by atoms with van der Waals surface area (Å²) in [5, 5.41) is 0. The number of ether oxygens (including phenoxy) is 3. The molecule has 6 heteroatoms. The summed E-state index contributed by atoms with van der Waals surface area (Å²) < 4.78 is 17.0. The summed E-state index contributed by atoms with van der Waals surface area (Å²) in [4.78, 5) is 13.9. The standard InChI is InChI=1S/C18H27NO4.ClH/c1-14-12-19(13-15(2)23-14)8-9-21-10-11-22-18-7-5-4-6-17(18)16(3)20;/h4-7,14-15H,8-13H2,1-3H3;1H. The SMILES string of the molecule is CC(=O)c1ccccc1OCCOCCN1CC(C)OC(C)C1.Cl. The van der Waals surface area contributed by atoms with Gasteiger partial charge >= 0.3 is 0 Å². The number of para-hydroxylation sites is 1. The van der Waals surface area contributed by atoms with E-state index < -0.39 is 0 Å². The largest absolute Gasteiger partial charge is 0.490 e. The summed E-state index contributed by atoms with van der Waals surface area (Å²) in [6.07, 6.45) is 0.565. The number of hydrogen-bond acceptors (Lipinski definition) is 5. The van der Waals surface area contributed by atoms with Crippen LogP contribution in [0, 0.1) is 0 Å². The van der Waals surface area contributed by atoms with Gasteiger partial charge in [-0.25, -0.2) is 0 Å². The van der Waals surface area contributed by atoms with Crippen molar-refractivity contribution in [3.63, 3.8) is 0 Å². The van der Waals surface area contributed by atoms with Gasteiger partial charge < -0.3 is 14.2 Å². The minimum absolute atomic E-state index is 0. The Bertz CT molecular complexity index is 502. The van der Waals surface area contributed by atoms with E-state index in [0.29, 0.717) is 31.1 Å². The number of morpholine rings is 1. The van der Waals surface area contributed by atoms with Crippen LogP contribution >= 0.6 is 12.4 Å². The number of carbonyl (C=O) groups excluding carboxylic acids is 1. The van der Waals surface area contributed by atoms with Crippen molar-refractivity contribution in [3.05, 3.63) is 29.8 Å². The van der Waals surface area contributed by atoms with Crippen LogP contribution in [0.25, 0.3) is 0 Å². The Morgan fingerprint density at radius 3 is 2.50 bits per heavy atom. The first kappa shape index (κ1) is 20.9. The molecule has 0 aromatic heterocycles. The summed E-state index contributed by atoms with van der Waals surface area (Å²) in [7, 11) is 0. The van der Waals surface area contributed by atoms with Gasteiger partial charge in [0.25, 0.3) is 0 Å². The molecule has 5 nitrogen and oxygen atoms in total. The molecule has 1 fully saturated rings. The van der Waals surface area contributed by atoms with Gasteiger partial charge in [-0.2, -0.15) is 0 Å². The van der Waals surface area contributed by atoms with Crippen molar-refractivity contribution >= 4 is 18.2 Å². The predicted molar refractivity (Wildman–Crippen MR) is 96.5 cm³/mol. The average Bonchev–Trinajstić information content (AvgIpc) is 2.50. The second-order valence-electron chi connectivity index (χ2n) is 6.03. The maximum atomic E-state index is 11.5. The highest BCUT2D eigenvalue weighted by atomic mass is 35.5. The molecule has 1 aromatic rings. The van der Waals surface area contributed by atoms with Crippen molar-refractivity contribution in [2.24, 2.45) is 0 Å². The summed E-state index contributed by atoms with van der Waals surface area (Å²) in [5.74, 6) is 0.636. The Kier molecular flexibility index (Phi) is 9.29. The van der Waals surface area contributed by atoms with Crippen LogP contribution in [0.4, 0.5) is 0 Å². The Morgan fingerprint density at radius 2 is 1.83 bits per heavy atom. The Labute approximate surface area is 150 Å². The van der Waals surface area contributed by atoms with Crippen molar-refractivity contribution in [2.75, 3.05) is 39.5 Å². The number of nitrogens with zero attached hydrogens (tertiary/aromatic N) is 1. The van der Waals surface area contributed by atoms with E-state index in [1.165, 1.54) is 0 Å². The lowest BCUT2D eigenvalue weighted by Crippen LogP contribution is -2.46. The van der Waals surface area contributed by atoms with Crippen LogP contribution in [-0.4, -0.2) is 62.3 Å². The molecule has 1 aliphatic rings. The molecule has 1 saturated heterocycles. The van der Waals surface area contributed by atoms with E-state index >= 15 is 0 Å². The van der Waals surface area contributed by atoms with Gasteiger partial charge in [0.2, 0.25) is 0 Å². The lowest BCUT2D eigenvalue weighted by molar-refractivity contribution is -0.0734. The zero-order valence-electron chi connectivity index (χ0n) is 14.7. The highest BCUT2D eigenvalue weighted by Gasteiger charge is 2.21. The van der Waals surface area contributed by atoms with Gasteiger partial charge in [0.1, 0.15) is 12.4 Å². The Morgan fingerprint density at radius 1 is 1.17 bits per heavy atom. The van der Waals surface area contributed by atoms with Gasteiger partial charge in [0, 0.05) is 19.6 Å². The predicted octanol–water partition coefficient (Wildman–Crippen LogP) is 2.82. The van der Waals surface area contributed by atoms with Crippen molar-refractivity contribution < 1.29 is 19.0 Å². The molecule has 24 heavy (non-hydrogen) atoms. The molecule has 0 spiro atoms. The first-order valence-electron chi connectivity index (χ1n) is 8.24. The molecule has 0 bridgehead atoms. The minimum atomic E-state index is 0. The monoisotopic (exact) mass is 357 g/mol. The molecule has 1 heterocycles. The van der Waals surface area contributed by atoms with Crippen molar-refractivity contribution in [1.82, 2.24) is 4.90 Å². The molecule has 0 aliphatic carbocycles. The van der Waals surface area contributed by atoms with Gasteiger partial charge in [-0.05, 0) is 32.9 Å². The number of benzene rings is 1. The van der Waals surface area contributed by atoms with Gasteiger partial charge in [-0.1, -0.05) is 12.1 Å². The summed E-state index contributed by atoms with van der Waals surface area (Å²) in [6.45, 7) is 10.2. The van der Waals surface area contributed by atoms with E-state index in [0.717, 1.165) is 19.6 Å². The Hall–Kier alpha value is -1.14. The fraction of sp³-hybridized carbons (Fsp3) is 0.611. The molecule has 2 unspecified atom stereocenters. The van der Waals surface area contributed by atoms with E-state index in [2.05, 4.69) is 18.7 Å². The second kappa shape index (κ2) is 10.7. The molecule has 0 saturated carbocycles. The lowest BCUT2D eigenvalue weighted by Gasteiger charge is -2.35. The third kappa shape index (κ3) is 6.77. The number of hydrogen-bond donors (Lipinski definition) is 0. The molecule has 136 valence electrons. The minimum Gasteiger partial charge on any atom is -0.490 e. The number of Topliss-reactive ketones (excluding diaryl/α,β-unsaturated/α-hetero) is 1. The third-order valence-corrected chi connectivity index (χ3v) is 3.80. The number of ketones is 1. The summed E-state index contributed by atoms with van der Waals surface area (Å²) in [5.41, 5.74) is 0.615. The van der Waals surface area contributed by atoms with Crippen molar-refractivity contribution in [2.45, 2.75) is 33.0 Å². The Balaban J connectivity index is 0.00000288. The maximum absolute atomic E-state index is 11.5. The van der Waals surface area contributed by atoms with Crippen LogP contribution in [0.3, 0.4) is 0 Å². The fourth-order valence-electron chi connectivity index (χ4n) is 2.86. The van der Waals surface area contributed by atoms with E-state index in [-0.39, 0.29) is 30.4 Å². The molecular formula is C18H28ClNO4. The van der Waals surface area contributed by atoms with Gasteiger partial charge in [-0.15, -0.1) is 12.4 Å². The smallest absolute Gasteiger partial charge is 0.163 e. The van der Waals surface area contributed by atoms with E-state index in [1.807, 2.05) is 18.2 Å². The fourth-order valence-corrected chi connectivity index (χ4v) is 2.86. The first-order chi connectivity index (χ1) is 11.1. The third-order valence-electron chi connectivity index (χ3n) is 3.80. The molecular weight excluding hydrogens is 330 g/mol. The number of halogens is 1. The molecule has 1 aromatic carbocycles. The van der Waals surface area contributed by atoms with Gasteiger partial charge in [0.15, 0.2) is 5.78 Å². The van der Waals surface area contributed by atoms with E-state index in [9.17, 15) is 4.79 Å². The van der Waals surface area contributed by atoms with E-state index in [4.69, 9.17) is 14.2 Å². The van der Waals surface area contributed by atoms with Crippen LogP contribution in [0.15, 0.2) is 24.3 Å². The molecule has 1 aliphatic heterocycles. The topological polar surface area (TPSA) is 48.0 Å². The van der Waals surface area contributed by atoms with E-state index in [1.54, 1.807) is 13.0 Å². The lowest BCUT2D eigenvalue weighted by atomic mass is 10.1. The zero-order chi connectivity index (χ0) is 16.7.